The molecule has 1 saturated carbocycles. The van der Waals surface area contributed by atoms with Crippen molar-refractivity contribution in [1.29, 1.82) is 0 Å². The van der Waals surface area contributed by atoms with E-state index in [0.29, 0.717) is 12.2 Å². The van der Waals surface area contributed by atoms with Gasteiger partial charge in [0, 0.05) is 24.5 Å². The minimum atomic E-state index is -0.872. The van der Waals surface area contributed by atoms with Gasteiger partial charge in [-0.3, -0.25) is 14.6 Å². The Bertz CT molecular complexity index is 486. The molecule has 0 radical (unpaired) electrons. The third-order valence-corrected chi connectivity index (χ3v) is 2.94. The lowest BCUT2D eigenvalue weighted by atomic mass is 10.2. The number of carboxylic acids is 1. The topological polar surface area (TPSA) is 82.5 Å². The number of carboxylic acid groups (broad SMARTS) is 1. The Morgan fingerprint density at radius 2 is 2.26 bits per heavy atom. The predicted molar refractivity (Wildman–Crippen MR) is 70.2 cm³/mol. The summed E-state index contributed by atoms with van der Waals surface area (Å²) in [5.74, 6) is -1.11. The largest absolute Gasteiger partial charge is 0.480 e. The van der Waals surface area contributed by atoms with Gasteiger partial charge in [-0.15, -0.1) is 0 Å². The molecule has 102 valence electrons. The van der Waals surface area contributed by atoms with E-state index in [0.717, 1.165) is 18.5 Å². The van der Waals surface area contributed by atoms with E-state index in [1.165, 1.54) is 6.20 Å². The van der Waals surface area contributed by atoms with Gasteiger partial charge in [0.1, 0.15) is 12.2 Å². The summed E-state index contributed by atoms with van der Waals surface area (Å²) in [6, 6.07) is 3.65. The van der Waals surface area contributed by atoms with Crippen LogP contribution in [-0.4, -0.2) is 41.1 Å². The van der Waals surface area contributed by atoms with Crippen molar-refractivity contribution in [1.82, 2.24) is 10.3 Å². The third kappa shape index (κ3) is 3.43. The van der Waals surface area contributed by atoms with Gasteiger partial charge in [0.25, 0.3) is 5.91 Å². The van der Waals surface area contributed by atoms with Crippen LogP contribution in [0.25, 0.3) is 0 Å². The summed E-state index contributed by atoms with van der Waals surface area (Å²) >= 11 is 0. The van der Waals surface area contributed by atoms with E-state index in [2.05, 4.69) is 10.3 Å². The van der Waals surface area contributed by atoms with E-state index >= 15 is 0 Å². The summed E-state index contributed by atoms with van der Waals surface area (Å²) in [5, 5.41) is 11.6. The van der Waals surface area contributed by atoms with Crippen molar-refractivity contribution in [3.8, 4) is 0 Å². The molecule has 0 bridgehead atoms. The molecule has 19 heavy (non-hydrogen) atoms. The first-order valence-electron chi connectivity index (χ1n) is 6.34. The van der Waals surface area contributed by atoms with Crippen molar-refractivity contribution in [2.75, 3.05) is 18.0 Å². The van der Waals surface area contributed by atoms with Crippen molar-refractivity contribution in [3.05, 3.63) is 24.0 Å². The average Bonchev–Trinajstić information content (AvgIpc) is 3.20. The number of pyridine rings is 1. The number of nitrogens with zero attached hydrogens (tertiary/aromatic N) is 2. The maximum atomic E-state index is 11.7. The van der Waals surface area contributed by atoms with Crippen LogP contribution in [0.15, 0.2) is 18.3 Å². The molecule has 6 heteroatoms. The molecule has 0 aliphatic heterocycles. The highest BCUT2D eigenvalue weighted by Crippen LogP contribution is 2.31. The monoisotopic (exact) mass is 263 g/mol. The van der Waals surface area contributed by atoms with Gasteiger partial charge in [0.2, 0.25) is 0 Å². The quantitative estimate of drug-likeness (QED) is 0.796. The normalized spacial score (nSPS) is 13.9. The minimum Gasteiger partial charge on any atom is -0.480 e. The summed E-state index contributed by atoms with van der Waals surface area (Å²) in [6.45, 7) is 2.32. The van der Waals surface area contributed by atoms with Crippen LogP contribution in [0.5, 0.6) is 0 Å². The molecular formula is C13H17N3O3. The van der Waals surface area contributed by atoms with Crippen molar-refractivity contribution in [3.63, 3.8) is 0 Å². The molecule has 2 N–H and O–H groups in total. The van der Waals surface area contributed by atoms with Gasteiger partial charge in [-0.05, 0) is 31.9 Å². The van der Waals surface area contributed by atoms with Crippen LogP contribution in [0.4, 0.5) is 5.69 Å². The molecule has 1 fully saturated rings. The molecule has 6 nitrogen and oxygen atoms in total. The lowest BCUT2D eigenvalue weighted by Crippen LogP contribution is -2.32. The van der Waals surface area contributed by atoms with Crippen molar-refractivity contribution in [2.45, 2.75) is 25.8 Å². The first-order valence-corrected chi connectivity index (χ1v) is 6.34. The van der Waals surface area contributed by atoms with Gasteiger partial charge in [-0.25, -0.2) is 0 Å². The maximum absolute atomic E-state index is 11.7. The number of aromatic nitrogens is 1. The van der Waals surface area contributed by atoms with Crippen molar-refractivity contribution >= 4 is 17.6 Å². The summed E-state index contributed by atoms with van der Waals surface area (Å²) in [6.07, 6.45) is 3.52. The molecule has 0 unspecified atom stereocenters. The molecule has 1 aliphatic rings. The zero-order chi connectivity index (χ0) is 13.8. The van der Waals surface area contributed by atoms with Crippen molar-refractivity contribution < 1.29 is 14.7 Å². The highest BCUT2D eigenvalue weighted by atomic mass is 16.4. The summed E-state index contributed by atoms with van der Waals surface area (Å²) < 4.78 is 0. The van der Waals surface area contributed by atoms with E-state index in [9.17, 15) is 9.59 Å². The van der Waals surface area contributed by atoms with Crippen LogP contribution < -0.4 is 10.2 Å². The smallest absolute Gasteiger partial charge is 0.323 e. The first-order chi connectivity index (χ1) is 9.11. The number of nitrogens with one attached hydrogen (secondary N) is 1. The second-order valence-electron chi connectivity index (χ2n) is 4.51. The minimum absolute atomic E-state index is 0.0521. The Hall–Kier alpha value is -2.11. The van der Waals surface area contributed by atoms with Gasteiger partial charge >= 0.3 is 5.97 Å². The van der Waals surface area contributed by atoms with E-state index in [1.54, 1.807) is 12.1 Å². The Morgan fingerprint density at radius 3 is 2.84 bits per heavy atom. The number of amides is 1. The van der Waals surface area contributed by atoms with Gasteiger partial charge in [-0.2, -0.15) is 0 Å². The van der Waals surface area contributed by atoms with Crippen LogP contribution in [0.1, 0.15) is 30.3 Å². The highest BCUT2D eigenvalue weighted by Gasteiger charge is 2.30. The molecule has 1 heterocycles. The summed E-state index contributed by atoms with van der Waals surface area (Å²) in [4.78, 5) is 28.4. The third-order valence-electron chi connectivity index (χ3n) is 2.94. The maximum Gasteiger partial charge on any atom is 0.323 e. The number of carbonyl (C=O) groups is 2. The zero-order valence-electron chi connectivity index (χ0n) is 10.8. The molecule has 1 aromatic rings. The fourth-order valence-corrected chi connectivity index (χ4v) is 1.94. The van der Waals surface area contributed by atoms with Crippen molar-refractivity contribution in [2.24, 2.45) is 0 Å². The van der Waals surface area contributed by atoms with Crippen LogP contribution in [-0.2, 0) is 4.79 Å². The molecule has 0 spiro atoms. The van der Waals surface area contributed by atoms with E-state index in [1.807, 2.05) is 11.8 Å². The van der Waals surface area contributed by atoms with Gasteiger partial charge in [0.05, 0.1) is 0 Å². The predicted octanol–water partition coefficient (Wildman–Crippen LogP) is 0.885. The number of aliphatic carboxylic acids is 1. The summed E-state index contributed by atoms with van der Waals surface area (Å²) in [7, 11) is 0. The average molecular weight is 263 g/mol. The van der Waals surface area contributed by atoms with Crippen LogP contribution >= 0.6 is 0 Å². The number of hydrogen-bond acceptors (Lipinski definition) is 4. The molecule has 1 aliphatic carbocycles. The molecule has 0 saturated heterocycles. The fraction of sp³-hybridized carbons (Fsp3) is 0.462. The zero-order valence-corrected chi connectivity index (χ0v) is 10.8. The van der Waals surface area contributed by atoms with E-state index in [-0.39, 0.29) is 18.5 Å². The van der Waals surface area contributed by atoms with E-state index in [4.69, 9.17) is 5.11 Å². The highest BCUT2D eigenvalue weighted by molar-refractivity contribution is 5.93. The number of hydrogen-bond donors (Lipinski definition) is 2. The van der Waals surface area contributed by atoms with Gasteiger partial charge < -0.3 is 15.3 Å². The SMILES string of the molecule is CCNC(=O)c1cc(N(CC(=O)O)C2CC2)ccn1. The second kappa shape index (κ2) is 5.69. The van der Waals surface area contributed by atoms with Crippen LogP contribution in [0, 0.1) is 0 Å². The van der Waals surface area contributed by atoms with Crippen LogP contribution in [0.2, 0.25) is 0 Å². The Morgan fingerprint density at radius 1 is 1.53 bits per heavy atom. The standard InChI is InChI=1S/C13H17N3O3/c1-2-14-13(19)11-7-10(5-6-15-11)16(8-12(17)18)9-3-4-9/h5-7,9H,2-4,8H2,1H3,(H,14,19)(H,17,18). The molecule has 0 aromatic carbocycles. The molecule has 0 atom stereocenters. The molecule has 1 amide bonds. The van der Waals surface area contributed by atoms with Gasteiger partial charge in [0.15, 0.2) is 0 Å². The van der Waals surface area contributed by atoms with E-state index < -0.39 is 5.97 Å². The molecular weight excluding hydrogens is 246 g/mol. The summed E-state index contributed by atoms with van der Waals surface area (Å²) in [5.41, 5.74) is 1.05. The number of rotatable bonds is 6. The van der Waals surface area contributed by atoms with Gasteiger partial charge in [-0.1, -0.05) is 0 Å². The van der Waals surface area contributed by atoms with Crippen LogP contribution in [0.3, 0.4) is 0 Å². The Labute approximate surface area is 111 Å². The molecule has 2 rings (SSSR count). The lowest BCUT2D eigenvalue weighted by Gasteiger charge is -2.22. The second-order valence-corrected chi connectivity index (χ2v) is 4.51. The Kier molecular flexibility index (Phi) is 3.99. The fourth-order valence-electron chi connectivity index (χ4n) is 1.94. The number of carbonyl (C=O) groups excluding carboxylic acids is 1. The number of anilines is 1. The lowest BCUT2D eigenvalue weighted by molar-refractivity contribution is -0.135. The Balaban J connectivity index is 2.20. The molecule has 1 aromatic heterocycles. The first kappa shape index (κ1) is 13.3.